The number of nitrogens with two attached hydrogens (primary N) is 1. The number of fused-ring (bicyclic) bond motifs is 1. The van der Waals surface area contributed by atoms with Crippen LogP contribution in [0.25, 0.3) is 11.0 Å². The van der Waals surface area contributed by atoms with Crippen molar-refractivity contribution in [2.24, 2.45) is 11.7 Å². The number of rotatable bonds is 5. The predicted octanol–water partition coefficient (Wildman–Crippen LogP) is 3.04. The lowest BCUT2D eigenvalue weighted by Gasteiger charge is -2.13. The van der Waals surface area contributed by atoms with Gasteiger partial charge in [-0.3, -0.25) is 0 Å². The fourth-order valence-electron chi connectivity index (χ4n) is 2.67. The van der Waals surface area contributed by atoms with Gasteiger partial charge >= 0.3 is 0 Å². The highest BCUT2D eigenvalue weighted by molar-refractivity contribution is 5.77. The van der Waals surface area contributed by atoms with Crippen LogP contribution in [0.15, 0.2) is 18.2 Å². The molecule has 0 spiro atoms. The fraction of sp³-hybridized carbons (Fsp3) is 0.533. The van der Waals surface area contributed by atoms with E-state index in [1.807, 2.05) is 6.07 Å². The molecule has 1 atom stereocenters. The van der Waals surface area contributed by atoms with Crippen LogP contribution in [-0.4, -0.2) is 16.1 Å². The Balaban J connectivity index is 2.07. The van der Waals surface area contributed by atoms with Crippen LogP contribution >= 0.6 is 0 Å². The van der Waals surface area contributed by atoms with Crippen molar-refractivity contribution in [3.63, 3.8) is 0 Å². The molecule has 1 heterocycles. The van der Waals surface area contributed by atoms with E-state index < -0.39 is 0 Å². The Hall–Kier alpha value is -1.42. The van der Waals surface area contributed by atoms with Crippen LogP contribution in [0.2, 0.25) is 0 Å². The number of imidazole rings is 1. The second-order valence-corrected chi connectivity index (χ2v) is 5.45. The highest BCUT2D eigenvalue weighted by Crippen LogP contribution is 2.39. The summed E-state index contributed by atoms with van der Waals surface area (Å²) in [6.07, 6.45) is 4.23. The van der Waals surface area contributed by atoms with Crippen LogP contribution in [0.1, 0.15) is 38.1 Å². The summed E-state index contributed by atoms with van der Waals surface area (Å²) < 4.78 is 16.1. The molecule has 0 bridgehead atoms. The van der Waals surface area contributed by atoms with Crippen molar-refractivity contribution >= 4 is 11.0 Å². The van der Waals surface area contributed by atoms with E-state index in [-0.39, 0.29) is 5.82 Å². The van der Waals surface area contributed by atoms with Gasteiger partial charge in [0, 0.05) is 12.5 Å². The molecule has 1 fully saturated rings. The lowest BCUT2D eigenvalue weighted by atomic mass is 10.0. The summed E-state index contributed by atoms with van der Waals surface area (Å²) >= 11 is 0. The van der Waals surface area contributed by atoms with Gasteiger partial charge in [0.15, 0.2) is 5.82 Å². The molecule has 1 saturated carbocycles. The second kappa shape index (κ2) is 4.93. The van der Waals surface area contributed by atoms with Crippen LogP contribution in [0.5, 0.6) is 0 Å². The standard InChI is InChI=1S/C15H20FN3/c1-2-10(9-17)8-14-18-15-12(16)4-3-5-13(15)19(14)11-6-7-11/h3-5,10-11H,2,6-9,17H2,1H3. The maximum absolute atomic E-state index is 13.9. The van der Waals surface area contributed by atoms with Crippen molar-refractivity contribution < 1.29 is 4.39 Å². The average molecular weight is 261 g/mol. The Kier molecular flexibility index (Phi) is 3.27. The molecule has 102 valence electrons. The number of aromatic nitrogens is 2. The summed E-state index contributed by atoms with van der Waals surface area (Å²) in [5.74, 6) is 1.20. The van der Waals surface area contributed by atoms with Crippen molar-refractivity contribution in [3.8, 4) is 0 Å². The van der Waals surface area contributed by atoms with E-state index in [0.717, 1.165) is 24.2 Å². The normalized spacial score (nSPS) is 17.0. The summed E-state index contributed by atoms with van der Waals surface area (Å²) in [4.78, 5) is 4.54. The van der Waals surface area contributed by atoms with E-state index in [2.05, 4.69) is 16.5 Å². The third-order valence-electron chi connectivity index (χ3n) is 4.04. The summed E-state index contributed by atoms with van der Waals surface area (Å²) in [7, 11) is 0. The Bertz CT molecular complexity index is 582. The third-order valence-corrected chi connectivity index (χ3v) is 4.04. The number of benzene rings is 1. The molecule has 3 nitrogen and oxygen atoms in total. The first-order valence-corrected chi connectivity index (χ1v) is 7.10. The minimum Gasteiger partial charge on any atom is -0.330 e. The first-order valence-electron chi connectivity index (χ1n) is 7.10. The molecule has 1 aliphatic carbocycles. The quantitative estimate of drug-likeness (QED) is 0.899. The molecule has 2 N–H and O–H groups in total. The van der Waals surface area contributed by atoms with E-state index in [0.29, 0.717) is 24.0 Å². The largest absolute Gasteiger partial charge is 0.330 e. The van der Waals surface area contributed by atoms with Crippen molar-refractivity contribution in [2.75, 3.05) is 6.54 Å². The van der Waals surface area contributed by atoms with E-state index in [1.165, 1.54) is 18.9 Å². The summed E-state index contributed by atoms with van der Waals surface area (Å²) in [5, 5.41) is 0. The molecule has 4 heteroatoms. The van der Waals surface area contributed by atoms with Crippen LogP contribution in [0, 0.1) is 11.7 Å². The number of para-hydroxylation sites is 1. The van der Waals surface area contributed by atoms with Gasteiger partial charge < -0.3 is 10.3 Å². The summed E-state index contributed by atoms with van der Waals surface area (Å²) in [6, 6.07) is 5.73. The molecule has 1 unspecified atom stereocenters. The van der Waals surface area contributed by atoms with Gasteiger partial charge in [0.1, 0.15) is 11.3 Å². The van der Waals surface area contributed by atoms with Crippen LogP contribution in [-0.2, 0) is 6.42 Å². The maximum atomic E-state index is 13.9. The van der Waals surface area contributed by atoms with E-state index >= 15 is 0 Å². The lowest BCUT2D eigenvalue weighted by Crippen LogP contribution is -2.18. The van der Waals surface area contributed by atoms with Gasteiger partial charge in [-0.15, -0.1) is 0 Å². The molecule has 1 aliphatic rings. The molecule has 19 heavy (non-hydrogen) atoms. The maximum Gasteiger partial charge on any atom is 0.151 e. The van der Waals surface area contributed by atoms with Gasteiger partial charge in [-0.05, 0) is 37.4 Å². The van der Waals surface area contributed by atoms with Gasteiger partial charge in [-0.25, -0.2) is 9.37 Å². The topological polar surface area (TPSA) is 43.8 Å². The second-order valence-electron chi connectivity index (χ2n) is 5.45. The third kappa shape index (κ3) is 2.25. The molecule has 0 saturated heterocycles. The fourth-order valence-corrected chi connectivity index (χ4v) is 2.67. The monoisotopic (exact) mass is 261 g/mol. The highest BCUT2D eigenvalue weighted by atomic mass is 19.1. The van der Waals surface area contributed by atoms with Gasteiger partial charge in [0.2, 0.25) is 0 Å². The molecular formula is C15H20FN3. The van der Waals surface area contributed by atoms with Gasteiger partial charge in [-0.1, -0.05) is 19.4 Å². The average Bonchev–Trinajstić information content (AvgIpc) is 3.18. The SMILES string of the molecule is CCC(CN)Cc1nc2c(F)cccc2n1C1CC1. The molecule has 3 rings (SSSR count). The van der Waals surface area contributed by atoms with Crippen LogP contribution < -0.4 is 5.73 Å². The Morgan fingerprint density at radius 3 is 2.89 bits per heavy atom. The van der Waals surface area contributed by atoms with Crippen LogP contribution in [0.4, 0.5) is 4.39 Å². The first-order chi connectivity index (χ1) is 9.24. The summed E-state index contributed by atoms with van der Waals surface area (Å²) in [6.45, 7) is 2.80. The Labute approximate surface area is 112 Å². The van der Waals surface area contributed by atoms with Crippen molar-refractivity contribution in [1.82, 2.24) is 9.55 Å². The molecule has 2 aromatic rings. The first kappa shape index (κ1) is 12.6. The van der Waals surface area contributed by atoms with Gasteiger partial charge in [0.05, 0.1) is 5.52 Å². The van der Waals surface area contributed by atoms with Gasteiger partial charge in [-0.2, -0.15) is 0 Å². The highest BCUT2D eigenvalue weighted by Gasteiger charge is 2.29. The van der Waals surface area contributed by atoms with Crippen molar-refractivity contribution in [2.45, 2.75) is 38.6 Å². The predicted molar refractivity (Wildman–Crippen MR) is 74.5 cm³/mol. The van der Waals surface area contributed by atoms with E-state index in [1.54, 1.807) is 6.07 Å². The smallest absolute Gasteiger partial charge is 0.151 e. The molecule has 1 aromatic heterocycles. The van der Waals surface area contributed by atoms with E-state index in [4.69, 9.17) is 5.73 Å². The zero-order valence-corrected chi connectivity index (χ0v) is 11.3. The number of nitrogens with zero attached hydrogens (tertiary/aromatic N) is 2. The zero-order valence-electron chi connectivity index (χ0n) is 11.3. The zero-order chi connectivity index (χ0) is 13.4. The number of hydrogen-bond acceptors (Lipinski definition) is 2. The van der Waals surface area contributed by atoms with Crippen molar-refractivity contribution in [3.05, 3.63) is 29.8 Å². The minimum absolute atomic E-state index is 0.223. The van der Waals surface area contributed by atoms with Crippen molar-refractivity contribution in [1.29, 1.82) is 0 Å². The number of halogens is 1. The molecule has 0 radical (unpaired) electrons. The Morgan fingerprint density at radius 2 is 2.26 bits per heavy atom. The summed E-state index contributed by atoms with van der Waals surface area (Å²) in [5.41, 5.74) is 7.23. The molecular weight excluding hydrogens is 241 g/mol. The van der Waals surface area contributed by atoms with Crippen LogP contribution in [0.3, 0.4) is 0 Å². The van der Waals surface area contributed by atoms with E-state index in [9.17, 15) is 4.39 Å². The molecule has 1 aromatic carbocycles. The Morgan fingerprint density at radius 1 is 1.47 bits per heavy atom. The lowest BCUT2D eigenvalue weighted by molar-refractivity contribution is 0.492. The minimum atomic E-state index is -0.223. The number of hydrogen-bond donors (Lipinski definition) is 1. The molecule has 0 amide bonds. The van der Waals surface area contributed by atoms with Gasteiger partial charge in [0.25, 0.3) is 0 Å². The molecule has 0 aliphatic heterocycles.